The first-order chi connectivity index (χ1) is 11.4. The highest BCUT2D eigenvalue weighted by molar-refractivity contribution is 7.16. The number of hydrogen-bond donors (Lipinski definition) is 2. The number of benzene rings is 1. The second-order valence-corrected chi connectivity index (χ2v) is 5.57. The molecule has 0 bridgehead atoms. The predicted molar refractivity (Wildman–Crippen MR) is 88.6 cm³/mol. The van der Waals surface area contributed by atoms with Crippen LogP contribution in [0.25, 0.3) is 0 Å². The first-order valence-corrected chi connectivity index (χ1v) is 7.78. The van der Waals surface area contributed by atoms with Crippen LogP contribution in [0.15, 0.2) is 29.4 Å². The molecule has 3 N–H and O–H groups in total. The van der Waals surface area contributed by atoms with Gasteiger partial charge in [-0.15, -0.1) is 11.3 Å². The van der Waals surface area contributed by atoms with Gasteiger partial charge >= 0.3 is 5.97 Å². The number of nitrogens with zero attached hydrogens (tertiary/aromatic N) is 2. The lowest BCUT2D eigenvalue weighted by atomic mass is 10.3. The summed E-state index contributed by atoms with van der Waals surface area (Å²) >= 11 is 0.932. The van der Waals surface area contributed by atoms with E-state index in [0.29, 0.717) is 5.69 Å². The normalized spacial score (nSPS) is 11.2. The third-order valence-corrected chi connectivity index (χ3v) is 4.00. The minimum Gasteiger partial charge on any atom is -0.462 e. The number of hydrazone groups is 1. The Hall–Kier alpha value is -2.81. The number of aryl methyl sites for hydroxylation is 1. The highest BCUT2D eigenvalue weighted by Crippen LogP contribution is 2.20. The molecule has 7 nitrogen and oxygen atoms in total. The molecule has 2 rings (SSSR count). The lowest BCUT2D eigenvalue weighted by Gasteiger charge is -2.03. The molecule has 0 aliphatic heterocycles. The summed E-state index contributed by atoms with van der Waals surface area (Å²) in [7, 11) is 0. The monoisotopic (exact) mass is 350 g/mol. The van der Waals surface area contributed by atoms with E-state index in [1.54, 1.807) is 19.9 Å². The fraction of sp³-hybridized carbons (Fsp3) is 0.200. The molecule has 9 heteroatoms. The summed E-state index contributed by atoms with van der Waals surface area (Å²) in [5.74, 6) is -1.93. The molecule has 0 spiro atoms. The standard InChI is InChI=1S/C15H15FN4O3S/c1-3-23-15(22)12-8(2)18-14(24-12)11(13(17)21)20-19-10-7-5-4-6-9(10)16/h4-7,19H,3H2,1-2H3,(H2,17,21)/b20-11+. The Morgan fingerprint density at radius 3 is 2.75 bits per heavy atom. The highest BCUT2D eigenvalue weighted by atomic mass is 32.1. The number of amides is 1. The van der Waals surface area contributed by atoms with Gasteiger partial charge < -0.3 is 10.5 Å². The van der Waals surface area contributed by atoms with Gasteiger partial charge in [0.25, 0.3) is 5.91 Å². The number of anilines is 1. The van der Waals surface area contributed by atoms with Crippen LogP contribution in [0.1, 0.15) is 27.3 Å². The van der Waals surface area contributed by atoms with Crippen molar-refractivity contribution in [2.75, 3.05) is 12.0 Å². The van der Waals surface area contributed by atoms with E-state index in [2.05, 4.69) is 15.5 Å². The number of carbonyl (C=O) groups is 2. The zero-order valence-corrected chi connectivity index (χ0v) is 13.8. The summed E-state index contributed by atoms with van der Waals surface area (Å²) in [6.07, 6.45) is 0. The number of aromatic nitrogens is 1. The molecule has 0 aliphatic rings. The van der Waals surface area contributed by atoms with Crippen molar-refractivity contribution in [2.24, 2.45) is 10.8 Å². The molecular weight excluding hydrogens is 335 g/mol. The topological polar surface area (TPSA) is 107 Å². The number of ether oxygens (including phenoxy) is 1. The summed E-state index contributed by atoms with van der Waals surface area (Å²) in [5.41, 5.74) is 8.02. The van der Waals surface area contributed by atoms with E-state index in [-0.39, 0.29) is 27.9 Å². The highest BCUT2D eigenvalue weighted by Gasteiger charge is 2.22. The molecule has 0 fully saturated rings. The van der Waals surface area contributed by atoms with Gasteiger partial charge in [0.2, 0.25) is 0 Å². The number of carbonyl (C=O) groups excluding carboxylic acids is 2. The van der Waals surface area contributed by atoms with Crippen LogP contribution in [-0.2, 0) is 9.53 Å². The average Bonchev–Trinajstić information content (AvgIpc) is 2.91. The molecule has 0 atom stereocenters. The number of esters is 1. The van der Waals surface area contributed by atoms with Gasteiger partial charge in [0.1, 0.15) is 15.7 Å². The Morgan fingerprint density at radius 1 is 1.42 bits per heavy atom. The van der Waals surface area contributed by atoms with Crippen molar-refractivity contribution in [1.82, 2.24) is 4.98 Å². The van der Waals surface area contributed by atoms with Gasteiger partial charge in [-0.25, -0.2) is 14.2 Å². The second kappa shape index (κ2) is 7.64. The maximum atomic E-state index is 13.6. The van der Waals surface area contributed by atoms with Crippen LogP contribution in [-0.4, -0.2) is 29.2 Å². The van der Waals surface area contributed by atoms with Gasteiger partial charge in [-0.2, -0.15) is 5.10 Å². The van der Waals surface area contributed by atoms with E-state index < -0.39 is 17.7 Å². The quantitative estimate of drug-likeness (QED) is 0.471. The number of nitrogens with two attached hydrogens (primary N) is 1. The summed E-state index contributed by atoms with van der Waals surface area (Å²) in [5, 5.41) is 3.98. The van der Waals surface area contributed by atoms with E-state index >= 15 is 0 Å². The third-order valence-electron chi connectivity index (χ3n) is 2.86. The Kier molecular flexibility index (Phi) is 5.59. The van der Waals surface area contributed by atoms with E-state index in [4.69, 9.17) is 10.5 Å². The molecular formula is C15H15FN4O3S. The van der Waals surface area contributed by atoms with Gasteiger partial charge in [0, 0.05) is 0 Å². The van der Waals surface area contributed by atoms with Crippen molar-refractivity contribution >= 4 is 34.6 Å². The number of hydrogen-bond acceptors (Lipinski definition) is 7. The Labute approximate surface area is 141 Å². The largest absolute Gasteiger partial charge is 0.462 e. The van der Waals surface area contributed by atoms with Crippen LogP contribution >= 0.6 is 11.3 Å². The van der Waals surface area contributed by atoms with Crippen molar-refractivity contribution in [3.05, 3.63) is 45.7 Å². The van der Waals surface area contributed by atoms with Crippen molar-refractivity contribution in [2.45, 2.75) is 13.8 Å². The van der Waals surface area contributed by atoms with E-state index in [9.17, 15) is 14.0 Å². The maximum Gasteiger partial charge on any atom is 0.350 e. The molecule has 0 radical (unpaired) electrons. The summed E-state index contributed by atoms with van der Waals surface area (Å²) in [6, 6.07) is 5.83. The van der Waals surface area contributed by atoms with Gasteiger partial charge in [-0.1, -0.05) is 12.1 Å². The van der Waals surface area contributed by atoms with Crippen LogP contribution in [0.2, 0.25) is 0 Å². The molecule has 0 saturated carbocycles. The SMILES string of the molecule is CCOC(=O)c1sc(/C(=N/Nc2ccccc2F)C(N)=O)nc1C. The van der Waals surface area contributed by atoms with E-state index in [1.165, 1.54) is 18.2 Å². The predicted octanol–water partition coefficient (Wildman–Crippen LogP) is 2.07. The molecule has 1 aromatic carbocycles. The number of primary amides is 1. The first kappa shape index (κ1) is 17.5. The second-order valence-electron chi connectivity index (χ2n) is 4.57. The van der Waals surface area contributed by atoms with Crippen molar-refractivity contribution in [1.29, 1.82) is 0 Å². The fourth-order valence-electron chi connectivity index (χ4n) is 1.76. The minimum atomic E-state index is -0.858. The fourth-order valence-corrected chi connectivity index (χ4v) is 2.71. The van der Waals surface area contributed by atoms with Crippen LogP contribution in [0.3, 0.4) is 0 Å². The van der Waals surface area contributed by atoms with Gasteiger partial charge in [-0.3, -0.25) is 10.2 Å². The molecule has 0 unspecified atom stereocenters. The van der Waals surface area contributed by atoms with Gasteiger partial charge in [0.15, 0.2) is 5.71 Å². The van der Waals surface area contributed by atoms with Crippen molar-refractivity contribution in [3.63, 3.8) is 0 Å². The summed E-state index contributed by atoms with van der Waals surface area (Å²) < 4.78 is 18.5. The zero-order chi connectivity index (χ0) is 17.7. The minimum absolute atomic E-state index is 0.0788. The molecule has 126 valence electrons. The van der Waals surface area contributed by atoms with Crippen molar-refractivity contribution < 1.29 is 18.7 Å². The molecule has 0 saturated heterocycles. The summed E-state index contributed by atoms with van der Waals surface area (Å²) in [4.78, 5) is 27.8. The Balaban J connectivity index is 2.33. The number of thiazole rings is 1. The molecule has 1 heterocycles. The Bertz CT molecular complexity index is 804. The number of nitrogens with one attached hydrogen (secondary N) is 1. The zero-order valence-electron chi connectivity index (χ0n) is 13.0. The Morgan fingerprint density at radius 2 is 2.12 bits per heavy atom. The molecule has 1 amide bonds. The third kappa shape index (κ3) is 3.93. The first-order valence-electron chi connectivity index (χ1n) is 6.97. The lowest BCUT2D eigenvalue weighted by molar-refractivity contribution is -0.111. The molecule has 2 aromatic rings. The van der Waals surface area contributed by atoms with E-state index in [0.717, 1.165) is 11.3 Å². The average molecular weight is 350 g/mol. The molecule has 0 aliphatic carbocycles. The van der Waals surface area contributed by atoms with Crippen LogP contribution in [0.5, 0.6) is 0 Å². The van der Waals surface area contributed by atoms with Crippen LogP contribution in [0.4, 0.5) is 10.1 Å². The van der Waals surface area contributed by atoms with Crippen LogP contribution < -0.4 is 11.2 Å². The lowest BCUT2D eigenvalue weighted by Crippen LogP contribution is -2.25. The van der Waals surface area contributed by atoms with E-state index in [1.807, 2.05) is 0 Å². The van der Waals surface area contributed by atoms with Crippen molar-refractivity contribution in [3.8, 4) is 0 Å². The number of para-hydroxylation sites is 1. The van der Waals surface area contributed by atoms with Crippen LogP contribution in [0, 0.1) is 12.7 Å². The van der Waals surface area contributed by atoms with Gasteiger partial charge in [-0.05, 0) is 26.0 Å². The molecule has 24 heavy (non-hydrogen) atoms. The maximum absolute atomic E-state index is 13.6. The molecule has 1 aromatic heterocycles. The number of halogens is 1. The smallest absolute Gasteiger partial charge is 0.350 e. The van der Waals surface area contributed by atoms with Gasteiger partial charge in [0.05, 0.1) is 18.0 Å². The number of rotatable bonds is 6. The summed E-state index contributed by atoms with van der Waals surface area (Å²) in [6.45, 7) is 3.51.